The SMILES string of the molecule is O=[P+](S)c1cn[nH]n1. The Morgan fingerprint density at radius 1 is 1.88 bits per heavy atom. The van der Waals surface area contributed by atoms with Crippen molar-refractivity contribution in [3.8, 4) is 0 Å². The highest BCUT2D eigenvalue weighted by Gasteiger charge is 2.16. The molecule has 0 spiro atoms. The van der Waals surface area contributed by atoms with Gasteiger partial charge in [-0.1, -0.05) is 4.57 Å². The third-order valence-corrected chi connectivity index (χ3v) is 1.82. The average Bonchev–Trinajstić information content (AvgIpc) is 2.12. The molecule has 1 aromatic rings. The molecule has 0 saturated carbocycles. The summed E-state index contributed by atoms with van der Waals surface area (Å²) in [4.78, 5) is 0. The van der Waals surface area contributed by atoms with Gasteiger partial charge in [0.15, 0.2) is 0 Å². The first-order valence-corrected chi connectivity index (χ1v) is 4.24. The highest BCUT2D eigenvalue weighted by molar-refractivity contribution is 8.43. The number of rotatable bonds is 1. The minimum atomic E-state index is -1.62. The minimum Gasteiger partial charge on any atom is -0.194 e. The summed E-state index contributed by atoms with van der Waals surface area (Å²) in [5.41, 5.74) is 0.392. The van der Waals surface area contributed by atoms with Crippen LogP contribution in [0.1, 0.15) is 0 Å². The Labute approximate surface area is 51.6 Å². The van der Waals surface area contributed by atoms with Gasteiger partial charge in [-0.25, -0.2) is 0 Å². The zero-order valence-electron chi connectivity index (χ0n) is 3.77. The van der Waals surface area contributed by atoms with E-state index >= 15 is 0 Å². The number of nitrogens with one attached hydrogen (secondary N) is 1. The van der Waals surface area contributed by atoms with Gasteiger partial charge >= 0.3 is 12.4 Å². The van der Waals surface area contributed by atoms with E-state index in [0.29, 0.717) is 5.44 Å². The summed E-state index contributed by atoms with van der Waals surface area (Å²) in [6.45, 7) is 0. The summed E-state index contributed by atoms with van der Waals surface area (Å²) < 4.78 is 10.4. The predicted molar refractivity (Wildman–Crippen MR) is 32.6 cm³/mol. The van der Waals surface area contributed by atoms with Crippen LogP contribution in [-0.4, -0.2) is 15.4 Å². The van der Waals surface area contributed by atoms with Crippen molar-refractivity contribution in [2.75, 3.05) is 0 Å². The van der Waals surface area contributed by atoms with Gasteiger partial charge in [-0.05, 0) is 0 Å². The van der Waals surface area contributed by atoms with Gasteiger partial charge in [0.25, 0.3) is 0 Å². The van der Waals surface area contributed by atoms with Crippen LogP contribution < -0.4 is 5.44 Å². The zero-order chi connectivity index (χ0) is 5.98. The lowest BCUT2D eigenvalue weighted by atomic mass is 11.0. The molecule has 1 rings (SSSR count). The largest absolute Gasteiger partial charge is 0.469 e. The van der Waals surface area contributed by atoms with Gasteiger partial charge in [-0.15, -0.1) is 5.10 Å². The third-order valence-electron chi connectivity index (χ3n) is 0.598. The van der Waals surface area contributed by atoms with Gasteiger partial charge in [0.1, 0.15) is 18.4 Å². The van der Waals surface area contributed by atoms with Gasteiger partial charge in [0.05, 0.1) is 0 Å². The molecular weight excluding hydrogens is 145 g/mol. The van der Waals surface area contributed by atoms with Crippen molar-refractivity contribution < 1.29 is 4.57 Å². The summed E-state index contributed by atoms with van der Waals surface area (Å²) in [5, 5.41) is 9.27. The van der Waals surface area contributed by atoms with Gasteiger partial charge in [0, 0.05) is 0 Å². The molecular formula is C2H3N3OPS+. The molecule has 8 heavy (non-hydrogen) atoms. The van der Waals surface area contributed by atoms with Gasteiger partial charge in [-0.2, -0.15) is 10.3 Å². The van der Waals surface area contributed by atoms with E-state index in [1.54, 1.807) is 0 Å². The maximum absolute atomic E-state index is 10.4. The summed E-state index contributed by atoms with van der Waals surface area (Å²) in [6, 6.07) is 0. The average molecular weight is 148 g/mol. The molecule has 0 bridgehead atoms. The first-order valence-electron chi connectivity index (χ1n) is 1.82. The molecule has 1 atom stereocenters. The van der Waals surface area contributed by atoms with Crippen LogP contribution in [0.3, 0.4) is 0 Å². The van der Waals surface area contributed by atoms with Gasteiger partial charge in [0.2, 0.25) is 0 Å². The van der Waals surface area contributed by atoms with E-state index < -0.39 is 7.00 Å². The first-order chi connectivity index (χ1) is 3.80. The topological polar surface area (TPSA) is 58.6 Å². The van der Waals surface area contributed by atoms with E-state index in [9.17, 15) is 4.57 Å². The molecule has 0 amide bonds. The lowest BCUT2D eigenvalue weighted by Gasteiger charge is -1.59. The molecule has 0 aliphatic carbocycles. The Hall–Kier alpha value is -0.410. The molecule has 0 aliphatic rings. The second-order valence-electron chi connectivity index (χ2n) is 1.10. The fraction of sp³-hybridized carbons (Fsp3) is 0. The Kier molecular flexibility index (Phi) is 1.60. The van der Waals surface area contributed by atoms with E-state index in [0.717, 1.165) is 0 Å². The van der Waals surface area contributed by atoms with Crippen LogP contribution in [0.4, 0.5) is 0 Å². The highest BCUT2D eigenvalue weighted by atomic mass is 32.7. The van der Waals surface area contributed by atoms with Crippen LogP contribution in [0.5, 0.6) is 0 Å². The highest BCUT2D eigenvalue weighted by Crippen LogP contribution is 2.21. The maximum atomic E-state index is 10.4. The van der Waals surface area contributed by atoms with E-state index in [4.69, 9.17) is 0 Å². The lowest BCUT2D eigenvalue weighted by Crippen LogP contribution is -1.91. The molecule has 1 unspecified atom stereocenters. The van der Waals surface area contributed by atoms with Crippen LogP contribution in [0.25, 0.3) is 0 Å². The first kappa shape index (κ1) is 5.72. The maximum Gasteiger partial charge on any atom is 0.469 e. The monoisotopic (exact) mass is 148 g/mol. The number of thiol groups is 1. The van der Waals surface area contributed by atoms with Crippen LogP contribution >= 0.6 is 19.3 Å². The van der Waals surface area contributed by atoms with Crippen molar-refractivity contribution in [2.24, 2.45) is 0 Å². The summed E-state index contributed by atoms with van der Waals surface area (Å²) in [6.07, 6.45) is 1.38. The summed E-state index contributed by atoms with van der Waals surface area (Å²) in [7, 11) is -1.62. The number of aromatic amines is 1. The Morgan fingerprint density at radius 2 is 2.62 bits per heavy atom. The molecule has 1 N–H and O–H groups in total. The summed E-state index contributed by atoms with van der Waals surface area (Å²) in [5.74, 6) is 0. The van der Waals surface area contributed by atoms with E-state index in [1.165, 1.54) is 6.20 Å². The second-order valence-corrected chi connectivity index (χ2v) is 3.20. The molecule has 0 aliphatic heterocycles. The van der Waals surface area contributed by atoms with Crippen LogP contribution in [0, 0.1) is 0 Å². The molecule has 6 heteroatoms. The molecule has 4 nitrogen and oxygen atoms in total. The zero-order valence-corrected chi connectivity index (χ0v) is 5.56. The fourth-order valence-corrected chi connectivity index (χ4v) is 0.864. The van der Waals surface area contributed by atoms with Crippen molar-refractivity contribution in [2.45, 2.75) is 0 Å². The normalized spacial score (nSPS) is 11.4. The summed E-state index contributed by atoms with van der Waals surface area (Å²) >= 11 is 3.64. The fourth-order valence-electron chi connectivity index (χ4n) is 0.288. The van der Waals surface area contributed by atoms with Crippen molar-refractivity contribution in [1.82, 2.24) is 15.4 Å². The standard InChI is InChI=1S/C2H2N3OPS/c6-7(8)2-1-3-5-4-2/h1H,(H-,3,4,5,6,8)/p+1. The quantitative estimate of drug-likeness (QED) is 0.438. The third kappa shape index (κ3) is 1.05. The number of nitrogens with zero attached hydrogens (tertiary/aromatic N) is 2. The van der Waals surface area contributed by atoms with Crippen molar-refractivity contribution in [1.29, 1.82) is 0 Å². The molecule has 0 fully saturated rings. The van der Waals surface area contributed by atoms with E-state index in [1.807, 2.05) is 0 Å². The van der Waals surface area contributed by atoms with E-state index in [2.05, 4.69) is 27.7 Å². The number of aromatic nitrogens is 3. The minimum absolute atomic E-state index is 0.392. The molecule has 1 heterocycles. The Morgan fingerprint density at radius 3 is 2.88 bits per heavy atom. The number of H-pyrrole nitrogens is 1. The second kappa shape index (κ2) is 2.24. The molecule has 1 aromatic heterocycles. The smallest absolute Gasteiger partial charge is 0.194 e. The van der Waals surface area contributed by atoms with Crippen molar-refractivity contribution in [3.05, 3.63) is 6.20 Å². The van der Waals surface area contributed by atoms with Crippen LogP contribution in [-0.2, 0) is 4.57 Å². The van der Waals surface area contributed by atoms with Crippen molar-refractivity contribution >= 4 is 24.7 Å². The number of hydrogen-bond donors (Lipinski definition) is 2. The van der Waals surface area contributed by atoms with E-state index in [-0.39, 0.29) is 0 Å². The molecule has 0 saturated heterocycles. The van der Waals surface area contributed by atoms with Gasteiger partial charge < -0.3 is 0 Å². The van der Waals surface area contributed by atoms with Crippen LogP contribution in [0.2, 0.25) is 0 Å². The van der Waals surface area contributed by atoms with Crippen molar-refractivity contribution in [3.63, 3.8) is 0 Å². The lowest BCUT2D eigenvalue weighted by molar-refractivity contribution is 0.600. The van der Waals surface area contributed by atoms with Crippen LogP contribution in [0.15, 0.2) is 6.20 Å². The Balaban J connectivity index is 2.93. The van der Waals surface area contributed by atoms with Gasteiger partial charge in [-0.3, -0.25) is 0 Å². The Bertz CT molecular complexity index is 185. The molecule has 0 aromatic carbocycles. The predicted octanol–water partition coefficient (Wildman–Crippen LogP) is 0.102. The number of hydrogen-bond acceptors (Lipinski definition) is 3. The molecule has 42 valence electrons. The molecule has 0 radical (unpaired) electrons.